The molecule has 1 N–H and O–H groups in total. The van der Waals surface area contributed by atoms with Crippen LogP contribution in [0.15, 0.2) is 31.6 Å². The van der Waals surface area contributed by atoms with E-state index < -0.39 is 27.6 Å². The summed E-state index contributed by atoms with van der Waals surface area (Å²) in [6.07, 6.45) is 6.13. The van der Waals surface area contributed by atoms with Crippen LogP contribution in [0, 0.1) is 23.7 Å². The Bertz CT molecular complexity index is 870. The Labute approximate surface area is 198 Å². The van der Waals surface area contributed by atoms with E-state index in [4.69, 9.17) is 3.07 Å². The zero-order valence-corrected chi connectivity index (χ0v) is 21.7. The number of rotatable bonds is 7. The van der Waals surface area contributed by atoms with Crippen LogP contribution in [0.5, 0.6) is 5.75 Å². The Morgan fingerprint density at radius 2 is 1.79 bits per heavy atom. The van der Waals surface area contributed by atoms with Crippen molar-refractivity contribution in [1.29, 1.82) is 0 Å². The zero-order valence-electron chi connectivity index (χ0n) is 14.8. The first kappa shape index (κ1) is 22.4. The van der Waals surface area contributed by atoms with Gasteiger partial charge in [0.2, 0.25) is 0 Å². The second-order valence-corrected chi connectivity index (χ2v) is 11.3. The molecular weight excluding hydrogens is 675 g/mol. The van der Waals surface area contributed by atoms with Gasteiger partial charge < -0.3 is 0 Å². The van der Waals surface area contributed by atoms with Crippen LogP contribution in [0.1, 0.15) is 36.5 Å². The number of Topliss-reactive ketones (excluding diaryl/α,β-unsaturated/α-hetero) is 1. The summed E-state index contributed by atoms with van der Waals surface area (Å²) in [7, 11) is 0. The van der Waals surface area contributed by atoms with Crippen molar-refractivity contribution in [2.24, 2.45) is 23.7 Å². The van der Waals surface area contributed by atoms with Crippen molar-refractivity contribution in [1.82, 2.24) is 0 Å². The average molecular weight is 692 g/mol. The molecule has 4 unspecified atom stereocenters. The molecule has 1 aromatic rings. The molecule has 2 aliphatic carbocycles. The monoisotopic (exact) mass is 689 g/mol. The van der Waals surface area contributed by atoms with Gasteiger partial charge in [-0.25, -0.2) is 0 Å². The van der Waals surface area contributed by atoms with Gasteiger partial charge in [-0.05, 0) is 0 Å². The number of fused-ring (bicyclic) bond motifs is 2. The van der Waals surface area contributed by atoms with E-state index in [0.29, 0.717) is 15.4 Å². The first-order valence-corrected chi connectivity index (χ1v) is 13.1. The van der Waals surface area contributed by atoms with E-state index in [1.807, 2.05) is 13.0 Å². The van der Waals surface area contributed by atoms with Crippen molar-refractivity contribution in [2.45, 2.75) is 26.2 Å². The summed E-state index contributed by atoms with van der Waals surface area (Å²) in [5, 5.41) is 10.0. The van der Waals surface area contributed by atoms with Gasteiger partial charge >= 0.3 is 200 Å². The first-order chi connectivity index (χ1) is 13.3. The molecule has 0 aliphatic heterocycles. The molecule has 3 rings (SSSR count). The number of hydrogen-bond donors (Lipinski definition) is 1. The summed E-state index contributed by atoms with van der Waals surface area (Å²) < 4.78 is 6.28. The standard InChI is InChI=1S/C19H17Br3IO5/c1-2-3-12(24)13-8-4-5-9(6-8)14(13)18(26)23-28-19(27)15-10(20)7-11(21)17(25)16(15)22/h4-5,7-9,13-14,25H,2-3,6H2,1H3/q-1. The van der Waals surface area contributed by atoms with Crippen molar-refractivity contribution in [3.8, 4) is 5.75 Å². The SMILES string of the molecule is CCCC(=O)C1C2C=CC(C2)C1C(=O)[I-]OC(=O)c1c(Br)cc(Br)c(O)c1Br. The molecule has 0 heterocycles. The van der Waals surface area contributed by atoms with Crippen molar-refractivity contribution in [3.63, 3.8) is 0 Å². The van der Waals surface area contributed by atoms with Gasteiger partial charge in [0, 0.05) is 0 Å². The summed E-state index contributed by atoms with van der Waals surface area (Å²) in [4.78, 5) is 38.0. The summed E-state index contributed by atoms with van der Waals surface area (Å²) in [5.74, 6) is -1.13. The molecule has 0 spiro atoms. The van der Waals surface area contributed by atoms with E-state index in [-0.39, 0.29) is 49.0 Å². The molecule has 2 bridgehead atoms. The van der Waals surface area contributed by atoms with E-state index in [1.54, 1.807) is 0 Å². The maximum absolute atomic E-state index is 12.9. The number of carbonyl (C=O) groups excluding carboxylic acids is 3. The summed E-state index contributed by atoms with van der Waals surface area (Å²) in [6.45, 7) is 1.95. The molecule has 0 radical (unpaired) electrons. The first-order valence-electron chi connectivity index (χ1n) is 8.73. The number of aromatic hydroxyl groups is 1. The molecule has 0 aromatic heterocycles. The van der Waals surface area contributed by atoms with Gasteiger partial charge in [0.15, 0.2) is 0 Å². The number of phenolic OH excluding ortho intramolecular Hbond substituents is 1. The predicted octanol–water partition coefficient (Wildman–Crippen LogP) is 2.17. The van der Waals surface area contributed by atoms with E-state index in [9.17, 15) is 19.5 Å². The van der Waals surface area contributed by atoms with Crippen LogP contribution >= 0.6 is 47.8 Å². The van der Waals surface area contributed by atoms with Gasteiger partial charge in [0.1, 0.15) is 0 Å². The zero-order chi connectivity index (χ0) is 20.6. The van der Waals surface area contributed by atoms with Crippen LogP contribution in [0.3, 0.4) is 0 Å². The molecule has 9 heteroatoms. The Hall–Kier alpha value is -0.260. The number of phenols is 1. The van der Waals surface area contributed by atoms with Gasteiger partial charge in [-0.2, -0.15) is 0 Å². The van der Waals surface area contributed by atoms with Crippen molar-refractivity contribution < 1.29 is 44.2 Å². The molecule has 1 saturated carbocycles. The third kappa shape index (κ3) is 4.27. The molecule has 152 valence electrons. The van der Waals surface area contributed by atoms with Crippen molar-refractivity contribution >= 4 is 63.3 Å². The molecule has 5 nitrogen and oxygen atoms in total. The van der Waals surface area contributed by atoms with Gasteiger partial charge in [0.25, 0.3) is 0 Å². The molecular formula is C19H17Br3IO5-. The van der Waals surface area contributed by atoms with E-state index >= 15 is 0 Å². The number of hydrogen-bond acceptors (Lipinski definition) is 5. The number of ketones is 1. The van der Waals surface area contributed by atoms with Crippen molar-refractivity contribution in [2.75, 3.05) is 0 Å². The number of benzene rings is 1. The number of carbonyl (C=O) groups is 3. The second-order valence-electron chi connectivity index (χ2n) is 6.84. The van der Waals surface area contributed by atoms with Gasteiger partial charge in [-0.15, -0.1) is 0 Å². The molecule has 0 amide bonds. The third-order valence-electron chi connectivity index (χ3n) is 5.12. The fraction of sp³-hybridized carbons (Fsp3) is 0.421. The predicted molar refractivity (Wildman–Crippen MR) is 109 cm³/mol. The quantitative estimate of drug-likeness (QED) is 0.270. The van der Waals surface area contributed by atoms with Gasteiger partial charge in [0.05, 0.1) is 0 Å². The molecule has 4 atom stereocenters. The molecule has 28 heavy (non-hydrogen) atoms. The number of allylic oxidation sites excluding steroid dienone is 2. The summed E-state index contributed by atoms with van der Waals surface area (Å²) in [6, 6.07) is 1.54. The third-order valence-corrected chi connectivity index (χ3v) is 8.90. The summed E-state index contributed by atoms with van der Waals surface area (Å²) >= 11 is 8.12. The van der Waals surface area contributed by atoms with Crippen LogP contribution in [0.2, 0.25) is 0 Å². The minimum absolute atomic E-state index is 0.0666. The maximum atomic E-state index is 12.9. The fourth-order valence-electron chi connectivity index (χ4n) is 3.91. The fourth-order valence-corrected chi connectivity index (χ4v) is 8.14. The van der Waals surface area contributed by atoms with Crippen LogP contribution in [0.4, 0.5) is 0 Å². The second kappa shape index (κ2) is 9.26. The van der Waals surface area contributed by atoms with Crippen LogP contribution in [0.25, 0.3) is 0 Å². The normalized spacial score (nSPS) is 25.3. The Morgan fingerprint density at radius 1 is 1.14 bits per heavy atom. The number of halogens is 4. The Kier molecular flexibility index (Phi) is 7.42. The molecule has 0 saturated heterocycles. The van der Waals surface area contributed by atoms with Crippen LogP contribution in [-0.2, 0) is 12.7 Å². The molecule has 1 fully saturated rings. The van der Waals surface area contributed by atoms with E-state index in [0.717, 1.165) is 12.8 Å². The van der Waals surface area contributed by atoms with Crippen LogP contribution in [-0.4, -0.2) is 20.6 Å². The Morgan fingerprint density at radius 3 is 2.43 bits per heavy atom. The van der Waals surface area contributed by atoms with E-state index in [1.165, 1.54) is 6.07 Å². The Balaban J connectivity index is 1.72. The van der Waals surface area contributed by atoms with Gasteiger partial charge in [-0.3, -0.25) is 0 Å². The van der Waals surface area contributed by atoms with Crippen LogP contribution < -0.4 is 21.6 Å². The molecule has 1 aromatic carbocycles. The van der Waals surface area contributed by atoms with Crippen molar-refractivity contribution in [3.05, 3.63) is 37.2 Å². The molecule has 2 aliphatic rings. The van der Waals surface area contributed by atoms with E-state index in [2.05, 4.69) is 53.9 Å². The minimum atomic E-state index is -1.55. The topological polar surface area (TPSA) is 80.7 Å². The summed E-state index contributed by atoms with van der Waals surface area (Å²) in [5.41, 5.74) is 0.125. The van der Waals surface area contributed by atoms with Gasteiger partial charge in [-0.1, -0.05) is 0 Å². The average Bonchev–Trinajstić information content (AvgIpc) is 3.26.